The number of hydrogen-bond acceptors (Lipinski definition) is 3. The Morgan fingerprint density at radius 1 is 1.60 bits per heavy atom. The number of hydrogen-bond donors (Lipinski definition) is 1. The highest BCUT2D eigenvalue weighted by Gasteiger charge is 2.33. The number of carbonyl (C=O) groups excluding carboxylic acids is 1. The first kappa shape index (κ1) is 14.7. The molecule has 1 unspecified atom stereocenters. The van der Waals surface area contributed by atoms with Crippen LogP contribution in [0.2, 0.25) is 0 Å². The van der Waals surface area contributed by atoms with E-state index in [1.165, 1.54) is 0 Å². The van der Waals surface area contributed by atoms with Gasteiger partial charge in [-0.3, -0.25) is 4.79 Å². The van der Waals surface area contributed by atoms with Crippen molar-refractivity contribution in [1.82, 2.24) is 10.2 Å². The van der Waals surface area contributed by atoms with Crippen molar-refractivity contribution in [1.29, 1.82) is 0 Å². The van der Waals surface area contributed by atoms with Crippen molar-refractivity contribution >= 4 is 18.3 Å². The number of likely N-dealkylation sites (N-methyl/N-ethyl adjacent to an activating group) is 1. The predicted octanol–water partition coefficient (Wildman–Crippen LogP) is 0.653. The Bertz CT molecular complexity index is 221. The molecule has 1 rings (SSSR count). The van der Waals surface area contributed by atoms with Crippen molar-refractivity contribution in [3.8, 4) is 0 Å². The summed E-state index contributed by atoms with van der Waals surface area (Å²) in [5.41, 5.74) is -0.221. The highest BCUT2D eigenvalue weighted by molar-refractivity contribution is 5.85. The molecule has 0 bridgehead atoms. The van der Waals surface area contributed by atoms with Crippen molar-refractivity contribution in [3.63, 3.8) is 0 Å². The molecule has 1 aliphatic rings. The summed E-state index contributed by atoms with van der Waals surface area (Å²) in [5.74, 6) is 0.149. The van der Waals surface area contributed by atoms with Crippen LogP contribution in [0.5, 0.6) is 0 Å². The lowest BCUT2D eigenvalue weighted by Crippen LogP contribution is -2.55. The third-order valence-electron chi connectivity index (χ3n) is 2.25. The van der Waals surface area contributed by atoms with Crippen LogP contribution in [0.3, 0.4) is 0 Å². The van der Waals surface area contributed by atoms with Crippen LogP contribution in [-0.2, 0) is 9.53 Å². The van der Waals surface area contributed by atoms with Gasteiger partial charge in [-0.15, -0.1) is 12.4 Å². The minimum absolute atomic E-state index is 0. The van der Waals surface area contributed by atoms with Crippen LogP contribution >= 0.6 is 12.4 Å². The molecule has 1 N–H and O–H groups in total. The molecule has 0 aromatic heterocycles. The van der Waals surface area contributed by atoms with Crippen LogP contribution in [0, 0.1) is 0 Å². The molecule has 1 atom stereocenters. The maximum absolute atomic E-state index is 11.6. The quantitative estimate of drug-likeness (QED) is 0.766. The van der Waals surface area contributed by atoms with E-state index >= 15 is 0 Å². The molecule has 0 radical (unpaired) electrons. The highest BCUT2D eigenvalue weighted by atomic mass is 35.5. The summed E-state index contributed by atoms with van der Waals surface area (Å²) in [7, 11) is 1.78. The summed E-state index contributed by atoms with van der Waals surface area (Å²) in [6.45, 7) is 7.82. The Morgan fingerprint density at radius 2 is 2.20 bits per heavy atom. The Hall–Kier alpha value is -0.320. The second-order valence-corrected chi connectivity index (χ2v) is 4.49. The van der Waals surface area contributed by atoms with Crippen molar-refractivity contribution in [3.05, 3.63) is 0 Å². The fourth-order valence-electron chi connectivity index (χ4n) is 1.91. The second-order valence-electron chi connectivity index (χ2n) is 4.49. The molecule has 0 saturated carbocycles. The smallest absolute Gasteiger partial charge is 0.236 e. The second kappa shape index (κ2) is 5.68. The average Bonchev–Trinajstić information content (AvgIpc) is 2.00. The van der Waals surface area contributed by atoms with Gasteiger partial charge < -0.3 is 15.0 Å². The van der Waals surface area contributed by atoms with E-state index in [9.17, 15) is 4.79 Å². The number of halogens is 1. The summed E-state index contributed by atoms with van der Waals surface area (Å²) < 4.78 is 5.72. The van der Waals surface area contributed by atoms with Gasteiger partial charge in [0.1, 0.15) is 0 Å². The zero-order valence-electron chi connectivity index (χ0n) is 9.87. The van der Waals surface area contributed by atoms with E-state index in [0.29, 0.717) is 19.6 Å². The molecular weight excluding hydrogens is 216 g/mol. The van der Waals surface area contributed by atoms with E-state index in [2.05, 4.69) is 5.32 Å². The van der Waals surface area contributed by atoms with Crippen LogP contribution < -0.4 is 5.32 Å². The first-order valence-electron chi connectivity index (χ1n) is 5.05. The lowest BCUT2D eigenvalue weighted by atomic mass is 10.1. The molecule has 1 heterocycles. The van der Waals surface area contributed by atoms with Crippen molar-refractivity contribution in [2.24, 2.45) is 0 Å². The number of nitrogens with zero attached hydrogens (tertiary/aromatic N) is 1. The molecule has 1 fully saturated rings. The molecule has 1 amide bonds. The first-order chi connectivity index (χ1) is 6.44. The van der Waals surface area contributed by atoms with E-state index in [1.807, 2.05) is 25.7 Å². The lowest BCUT2D eigenvalue weighted by molar-refractivity contribution is -0.157. The minimum Gasteiger partial charge on any atom is -0.369 e. The van der Waals surface area contributed by atoms with Gasteiger partial charge in [0, 0.05) is 13.1 Å². The zero-order valence-corrected chi connectivity index (χ0v) is 10.7. The molecule has 0 spiro atoms. The molecule has 0 aromatic carbocycles. The fourth-order valence-corrected chi connectivity index (χ4v) is 1.91. The van der Waals surface area contributed by atoms with Gasteiger partial charge >= 0.3 is 0 Å². The van der Waals surface area contributed by atoms with Crippen LogP contribution in [-0.4, -0.2) is 49.2 Å². The predicted molar refractivity (Wildman–Crippen MR) is 62.4 cm³/mol. The van der Waals surface area contributed by atoms with Gasteiger partial charge in [0.25, 0.3) is 0 Å². The van der Waals surface area contributed by atoms with E-state index in [0.717, 1.165) is 0 Å². The number of amides is 1. The normalized spacial score (nSPS) is 24.5. The van der Waals surface area contributed by atoms with E-state index in [4.69, 9.17) is 4.74 Å². The van der Waals surface area contributed by atoms with Gasteiger partial charge in [0.05, 0.1) is 18.2 Å². The number of carbonyl (C=O) groups is 1. The monoisotopic (exact) mass is 236 g/mol. The maximum atomic E-state index is 11.6. The lowest BCUT2D eigenvalue weighted by Gasteiger charge is -2.41. The SMILES string of the molecule is CNCC(=O)N1CC(C)OC(C)(C)C1.Cl. The van der Waals surface area contributed by atoms with Gasteiger partial charge in [-0.05, 0) is 27.8 Å². The molecule has 90 valence electrons. The highest BCUT2D eigenvalue weighted by Crippen LogP contribution is 2.20. The van der Waals surface area contributed by atoms with Crippen molar-refractivity contribution in [2.75, 3.05) is 26.7 Å². The maximum Gasteiger partial charge on any atom is 0.236 e. The van der Waals surface area contributed by atoms with Gasteiger partial charge in [0.2, 0.25) is 5.91 Å². The third-order valence-corrected chi connectivity index (χ3v) is 2.25. The van der Waals surface area contributed by atoms with Crippen LogP contribution in [0.15, 0.2) is 0 Å². The van der Waals surface area contributed by atoms with E-state index in [1.54, 1.807) is 7.05 Å². The van der Waals surface area contributed by atoms with Crippen molar-refractivity contribution < 1.29 is 9.53 Å². The topological polar surface area (TPSA) is 41.6 Å². The zero-order chi connectivity index (χ0) is 10.8. The number of ether oxygens (including phenoxy) is 1. The largest absolute Gasteiger partial charge is 0.369 e. The average molecular weight is 237 g/mol. The first-order valence-corrected chi connectivity index (χ1v) is 5.05. The molecule has 0 aliphatic carbocycles. The molecule has 1 aliphatic heterocycles. The van der Waals surface area contributed by atoms with Crippen LogP contribution in [0.1, 0.15) is 20.8 Å². The molecular formula is C10H21ClN2O2. The molecule has 5 heteroatoms. The Balaban J connectivity index is 0.00000196. The third kappa shape index (κ3) is 4.36. The summed E-state index contributed by atoms with van der Waals surface area (Å²) >= 11 is 0. The Kier molecular flexibility index (Phi) is 5.56. The van der Waals surface area contributed by atoms with Gasteiger partial charge in [-0.2, -0.15) is 0 Å². The number of rotatable bonds is 2. The van der Waals surface area contributed by atoms with E-state index < -0.39 is 0 Å². The summed E-state index contributed by atoms with van der Waals surface area (Å²) in [4.78, 5) is 13.5. The van der Waals surface area contributed by atoms with E-state index in [-0.39, 0.29) is 30.0 Å². The van der Waals surface area contributed by atoms with Crippen LogP contribution in [0.4, 0.5) is 0 Å². The summed E-state index contributed by atoms with van der Waals surface area (Å²) in [5, 5.41) is 2.87. The van der Waals surface area contributed by atoms with Gasteiger partial charge in [-0.1, -0.05) is 0 Å². The molecule has 15 heavy (non-hydrogen) atoms. The minimum atomic E-state index is -0.221. The standard InChI is InChI=1S/C10H20N2O2.ClH/c1-8-6-12(9(13)5-11-4)7-10(2,3)14-8;/h8,11H,5-7H2,1-4H3;1H. The van der Waals surface area contributed by atoms with Gasteiger partial charge in [0.15, 0.2) is 0 Å². The van der Waals surface area contributed by atoms with Crippen LogP contribution in [0.25, 0.3) is 0 Å². The summed E-state index contributed by atoms with van der Waals surface area (Å²) in [6.07, 6.45) is 0.125. The number of morpholine rings is 1. The van der Waals surface area contributed by atoms with Gasteiger partial charge in [-0.25, -0.2) is 0 Å². The molecule has 1 saturated heterocycles. The molecule has 0 aromatic rings. The Labute approximate surface area is 97.8 Å². The fraction of sp³-hybridized carbons (Fsp3) is 0.900. The van der Waals surface area contributed by atoms with Crippen molar-refractivity contribution in [2.45, 2.75) is 32.5 Å². The summed E-state index contributed by atoms with van der Waals surface area (Å²) in [6, 6.07) is 0. The Morgan fingerprint density at radius 3 is 2.67 bits per heavy atom. The molecule has 4 nitrogen and oxygen atoms in total. The number of nitrogens with one attached hydrogen (secondary N) is 1.